The Morgan fingerprint density at radius 3 is 2.81 bits per heavy atom. The van der Waals surface area contributed by atoms with Crippen LogP contribution in [-0.4, -0.2) is 17.7 Å². The van der Waals surface area contributed by atoms with Gasteiger partial charge in [-0.15, -0.1) is 0 Å². The first-order valence-electron chi connectivity index (χ1n) is 4.64. The molecule has 0 fully saturated rings. The molecule has 16 heavy (non-hydrogen) atoms. The summed E-state index contributed by atoms with van der Waals surface area (Å²) in [5, 5.41) is 17.6. The highest BCUT2D eigenvalue weighted by Gasteiger charge is 2.17. The lowest BCUT2D eigenvalue weighted by Gasteiger charge is -2.06. The summed E-state index contributed by atoms with van der Waals surface area (Å²) in [6.07, 6.45) is 0. The van der Waals surface area contributed by atoms with Gasteiger partial charge >= 0.3 is 5.97 Å². The zero-order valence-corrected chi connectivity index (χ0v) is 8.66. The van der Waals surface area contributed by atoms with Crippen molar-refractivity contribution in [3.8, 4) is 6.07 Å². The van der Waals surface area contributed by atoms with E-state index in [1.807, 2.05) is 0 Å². The highest BCUT2D eigenvalue weighted by Crippen LogP contribution is 2.17. The van der Waals surface area contributed by atoms with Gasteiger partial charge in [0.25, 0.3) is 0 Å². The molecule has 84 valence electrons. The topological polar surface area (TPSA) is 70.3 Å². The Labute approximate surface area is 91.9 Å². The molecule has 1 aromatic carbocycles. The molecule has 0 heterocycles. The van der Waals surface area contributed by atoms with E-state index < -0.39 is 11.8 Å². The van der Waals surface area contributed by atoms with Crippen molar-refractivity contribution in [1.82, 2.24) is 0 Å². The largest absolute Gasteiger partial charge is 0.462 e. The third kappa shape index (κ3) is 2.35. The normalized spacial score (nSPS) is 9.62. The molecule has 0 radical (unpaired) electrons. The van der Waals surface area contributed by atoms with Crippen molar-refractivity contribution in [2.45, 2.75) is 13.5 Å². The summed E-state index contributed by atoms with van der Waals surface area (Å²) in [6.45, 7) is 1.34. The van der Waals surface area contributed by atoms with Crippen LogP contribution in [0.5, 0.6) is 0 Å². The summed E-state index contributed by atoms with van der Waals surface area (Å²) < 4.78 is 18.2. The minimum absolute atomic E-state index is 0.115. The van der Waals surface area contributed by atoms with E-state index >= 15 is 0 Å². The second kappa shape index (κ2) is 5.24. The first-order chi connectivity index (χ1) is 7.63. The van der Waals surface area contributed by atoms with Crippen LogP contribution in [0.1, 0.15) is 28.4 Å². The third-order valence-corrected chi connectivity index (χ3v) is 1.93. The van der Waals surface area contributed by atoms with E-state index in [2.05, 4.69) is 4.74 Å². The standard InChI is InChI=1S/C11H10FNO3/c1-2-16-11(15)9-4-7(6-14)3-8(5-13)10(9)12/h3-4,14H,2,6H2,1H3. The molecule has 0 aliphatic rings. The molecule has 0 spiro atoms. The van der Waals surface area contributed by atoms with Gasteiger partial charge in [0.15, 0.2) is 5.82 Å². The third-order valence-electron chi connectivity index (χ3n) is 1.93. The van der Waals surface area contributed by atoms with Gasteiger partial charge in [-0.2, -0.15) is 5.26 Å². The van der Waals surface area contributed by atoms with Gasteiger partial charge in [0.2, 0.25) is 0 Å². The van der Waals surface area contributed by atoms with Crippen LogP contribution < -0.4 is 0 Å². The maximum atomic E-state index is 13.6. The first-order valence-corrected chi connectivity index (χ1v) is 4.64. The van der Waals surface area contributed by atoms with E-state index in [4.69, 9.17) is 10.4 Å². The molecule has 0 saturated heterocycles. The molecule has 4 nitrogen and oxygen atoms in total. The summed E-state index contributed by atoms with van der Waals surface area (Å²) in [7, 11) is 0. The number of carbonyl (C=O) groups is 1. The molecule has 0 aliphatic carbocycles. The number of halogens is 1. The number of aliphatic hydroxyl groups excluding tert-OH is 1. The highest BCUT2D eigenvalue weighted by atomic mass is 19.1. The zero-order valence-electron chi connectivity index (χ0n) is 8.66. The van der Waals surface area contributed by atoms with E-state index in [0.717, 1.165) is 0 Å². The van der Waals surface area contributed by atoms with Crippen LogP contribution in [0.25, 0.3) is 0 Å². The Hall–Kier alpha value is -1.93. The zero-order chi connectivity index (χ0) is 12.1. The van der Waals surface area contributed by atoms with Gasteiger partial charge < -0.3 is 9.84 Å². The molecule has 0 amide bonds. The van der Waals surface area contributed by atoms with Gasteiger partial charge in [0, 0.05) is 0 Å². The number of hydrogen-bond donors (Lipinski definition) is 1. The molecule has 0 aliphatic heterocycles. The molecular formula is C11H10FNO3. The lowest BCUT2D eigenvalue weighted by molar-refractivity contribution is 0.0520. The van der Waals surface area contributed by atoms with Crippen LogP contribution in [0.2, 0.25) is 0 Å². The van der Waals surface area contributed by atoms with Crippen LogP contribution >= 0.6 is 0 Å². The second-order valence-electron chi connectivity index (χ2n) is 3.00. The Morgan fingerprint density at radius 2 is 2.31 bits per heavy atom. The SMILES string of the molecule is CCOC(=O)c1cc(CO)cc(C#N)c1F. The fourth-order valence-electron chi connectivity index (χ4n) is 1.21. The quantitative estimate of drug-likeness (QED) is 0.785. The Kier molecular flexibility index (Phi) is 3.97. The van der Waals surface area contributed by atoms with Gasteiger partial charge in [0.05, 0.1) is 24.3 Å². The number of nitrogens with zero attached hydrogens (tertiary/aromatic N) is 1. The van der Waals surface area contributed by atoms with Crippen molar-refractivity contribution in [3.05, 3.63) is 34.6 Å². The van der Waals surface area contributed by atoms with E-state index in [1.165, 1.54) is 12.1 Å². The van der Waals surface area contributed by atoms with Gasteiger partial charge in [-0.3, -0.25) is 0 Å². The monoisotopic (exact) mass is 223 g/mol. The molecular weight excluding hydrogens is 213 g/mol. The number of rotatable bonds is 3. The number of ether oxygens (including phenoxy) is 1. The fourth-order valence-corrected chi connectivity index (χ4v) is 1.21. The second-order valence-corrected chi connectivity index (χ2v) is 3.00. The average Bonchev–Trinajstić information content (AvgIpc) is 2.29. The Bertz CT molecular complexity index is 451. The fraction of sp³-hybridized carbons (Fsp3) is 0.273. The maximum absolute atomic E-state index is 13.6. The van der Waals surface area contributed by atoms with Crippen molar-refractivity contribution in [1.29, 1.82) is 5.26 Å². The summed E-state index contributed by atoms with van der Waals surface area (Å²) >= 11 is 0. The van der Waals surface area contributed by atoms with Gasteiger partial charge in [-0.1, -0.05) is 0 Å². The van der Waals surface area contributed by atoms with Crippen LogP contribution in [0.3, 0.4) is 0 Å². The maximum Gasteiger partial charge on any atom is 0.341 e. The summed E-state index contributed by atoms with van der Waals surface area (Å²) in [5.41, 5.74) is -0.319. The van der Waals surface area contributed by atoms with Gasteiger partial charge in [0.1, 0.15) is 6.07 Å². The molecule has 0 atom stereocenters. The predicted octanol–water partition coefficient (Wildman–Crippen LogP) is 1.37. The lowest BCUT2D eigenvalue weighted by Crippen LogP contribution is -2.09. The molecule has 5 heteroatoms. The van der Waals surface area contributed by atoms with Crippen molar-refractivity contribution >= 4 is 5.97 Å². The van der Waals surface area contributed by atoms with Crippen molar-refractivity contribution in [2.75, 3.05) is 6.61 Å². The van der Waals surface area contributed by atoms with E-state index in [1.54, 1.807) is 13.0 Å². The minimum Gasteiger partial charge on any atom is -0.462 e. The van der Waals surface area contributed by atoms with Crippen molar-refractivity contribution in [2.24, 2.45) is 0 Å². The number of benzene rings is 1. The van der Waals surface area contributed by atoms with E-state index in [9.17, 15) is 9.18 Å². The number of hydrogen-bond acceptors (Lipinski definition) is 4. The number of nitriles is 1. The van der Waals surface area contributed by atoms with E-state index in [-0.39, 0.29) is 24.3 Å². The molecule has 0 saturated carbocycles. The van der Waals surface area contributed by atoms with Crippen LogP contribution in [0.4, 0.5) is 4.39 Å². The smallest absolute Gasteiger partial charge is 0.341 e. The molecule has 1 N–H and O–H groups in total. The van der Waals surface area contributed by atoms with Crippen molar-refractivity contribution in [3.63, 3.8) is 0 Å². The van der Waals surface area contributed by atoms with Crippen LogP contribution in [0.15, 0.2) is 12.1 Å². The summed E-state index contributed by atoms with van der Waals surface area (Å²) in [4.78, 5) is 11.3. The van der Waals surface area contributed by atoms with Gasteiger partial charge in [-0.25, -0.2) is 9.18 Å². The van der Waals surface area contributed by atoms with Gasteiger partial charge in [-0.05, 0) is 24.6 Å². The summed E-state index contributed by atoms with van der Waals surface area (Å²) in [5.74, 6) is -1.76. The summed E-state index contributed by atoms with van der Waals surface area (Å²) in [6, 6.07) is 3.98. The molecule has 1 rings (SSSR count). The average molecular weight is 223 g/mol. The van der Waals surface area contributed by atoms with Crippen molar-refractivity contribution < 1.29 is 19.0 Å². The van der Waals surface area contributed by atoms with E-state index in [0.29, 0.717) is 5.56 Å². The predicted molar refractivity (Wildman–Crippen MR) is 53.0 cm³/mol. The molecule has 0 bridgehead atoms. The Morgan fingerprint density at radius 1 is 1.62 bits per heavy atom. The number of carbonyl (C=O) groups excluding carboxylic acids is 1. The molecule has 0 aromatic heterocycles. The minimum atomic E-state index is -0.918. The van der Waals surface area contributed by atoms with Crippen LogP contribution in [0, 0.1) is 17.1 Å². The molecule has 1 aromatic rings. The lowest BCUT2D eigenvalue weighted by atomic mass is 10.1. The Balaban J connectivity index is 3.27. The number of aliphatic hydroxyl groups is 1. The molecule has 0 unspecified atom stereocenters. The first kappa shape index (κ1) is 12.1. The number of esters is 1. The van der Waals surface area contributed by atoms with Crippen LogP contribution in [-0.2, 0) is 11.3 Å². The highest BCUT2D eigenvalue weighted by molar-refractivity contribution is 5.90.